The second kappa shape index (κ2) is 6.82. The van der Waals surface area contributed by atoms with Gasteiger partial charge in [0.25, 0.3) is 0 Å². The standard InChI is InChI=1S/C17H12O7/c18-8-11-5-14(23-16(19)12-1-3-21-9-12)7-15(6-11)24-17(20)13-2-4-22-10-13/h1-9,13H,10H2. The predicted molar refractivity (Wildman–Crippen MR) is 79.7 cm³/mol. The van der Waals surface area contributed by atoms with Crippen molar-refractivity contribution < 1.29 is 33.0 Å². The fourth-order valence-corrected chi connectivity index (χ4v) is 2.03. The summed E-state index contributed by atoms with van der Waals surface area (Å²) in [5.74, 6) is -1.52. The van der Waals surface area contributed by atoms with E-state index in [1.54, 1.807) is 6.08 Å². The molecule has 3 rings (SSSR count). The molecule has 2 aromatic rings. The van der Waals surface area contributed by atoms with Crippen LogP contribution in [0, 0.1) is 5.92 Å². The van der Waals surface area contributed by atoms with Crippen LogP contribution in [-0.4, -0.2) is 24.8 Å². The number of ether oxygens (including phenoxy) is 3. The summed E-state index contributed by atoms with van der Waals surface area (Å²) < 4.78 is 20.1. The summed E-state index contributed by atoms with van der Waals surface area (Å²) in [6.07, 6.45) is 6.13. The van der Waals surface area contributed by atoms with Gasteiger partial charge in [-0.1, -0.05) is 0 Å². The molecule has 0 bridgehead atoms. The van der Waals surface area contributed by atoms with E-state index in [-0.39, 0.29) is 29.2 Å². The lowest BCUT2D eigenvalue weighted by Crippen LogP contribution is -2.20. The summed E-state index contributed by atoms with van der Waals surface area (Å²) >= 11 is 0. The van der Waals surface area contributed by atoms with Crippen LogP contribution < -0.4 is 9.47 Å². The van der Waals surface area contributed by atoms with Crippen LogP contribution in [0.25, 0.3) is 0 Å². The van der Waals surface area contributed by atoms with Gasteiger partial charge in [-0.15, -0.1) is 0 Å². The summed E-state index contributed by atoms with van der Waals surface area (Å²) in [7, 11) is 0. The maximum absolute atomic E-state index is 12.0. The molecule has 0 spiro atoms. The molecule has 122 valence electrons. The Morgan fingerprint density at radius 2 is 1.96 bits per heavy atom. The maximum Gasteiger partial charge on any atom is 0.346 e. The molecule has 7 nitrogen and oxygen atoms in total. The van der Waals surface area contributed by atoms with Gasteiger partial charge in [-0.25, -0.2) is 4.79 Å². The van der Waals surface area contributed by atoms with Gasteiger partial charge >= 0.3 is 11.9 Å². The van der Waals surface area contributed by atoms with Crippen molar-refractivity contribution in [3.05, 3.63) is 60.3 Å². The Hall–Kier alpha value is -3.35. The van der Waals surface area contributed by atoms with Crippen molar-refractivity contribution in [3.63, 3.8) is 0 Å². The zero-order valence-corrected chi connectivity index (χ0v) is 12.3. The first kappa shape index (κ1) is 15.5. The highest BCUT2D eigenvalue weighted by Gasteiger charge is 2.22. The first-order valence-electron chi connectivity index (χ1n) is 7.00. The zero-order valence-electron chi connectivity index (χ0n) is 12.3. The lowest BCUT2D eigenvalue weighted by molar-refractivity contribution is -0.137. The number of aldehydes is 1. The highest BCUT2D eigenvalue weighted by molar-refractivity contribution is 5.91. The minimum absolute atomic E-state index is 0.0758. The van der Waals surface area contributed by atoms with Gasteiger partial charge in [0.2, 0.25) is 0 Å². The van der Waals surface area contributed by atoms with Crippen molar-refractivity contribution in [3.8, 4) is 11.5 Å². The van der Waals surface area contributed by atoms with Gasteiger partial charge in [-0.05, 0) is 24.3 Å². The fraction of sp³-hybridized carbons (Fsp3) is 0.118. The van der Waals surface area contributed by atoms with Crippen molar-refractivity contribution in [2.75, 3.05) is 6.61 Å². The lowest BCUT2D eigenvalue weighted by Gasteiger charge is -2.10. The van der Waals surface area contributed by atoms with Gasteiger partial charge in [0.05, 0.1) is 18.1 Å². The van der Waals surface area contributed by atoms with Crippen molar-refractivity contribution in [2.24, 2.45) is 5.92 Å². The molecule has 7 heteroatoms. The summed E-state index contributed by atoms with van der Waals surface area (Å²) in [5.41, 5.74) is 0.423. The van der Waals surface area contributed by atoms with E-state index in [0.29, 0.717) is 6.29 Å². The molecule has 0 saturated carbocycles. The van der Waals surface area contributed by atoms with Gasteiger partial charge in [-0.3, -0.25) is 9.59 Å². The number of carbonyl (C=O) groups is 3. The number of hydrogen-bond acceptors (Lipinski definition) is 7. The van der Waals surface area contributed by atoms with Crippen molar-refractivity contribution in [1.29, 1.82) is 0 Å². The van der Waals surface area contributed by atoms with Gasteiger partial charge < -0.3 is 18.6 Å². The Bertz CT molecular complexity index is 789. The molecule has 0 amide bonds. The Kier molecular flexibility index (Phi) is 4.42. The molecule has 0 fully saturated rings. The predicted octanol–water partition coefficient (Wildman–Crippen LogP) is 2.38. The molecule has 1 aliphatic heterocycles. The molecule has 0 radical (unpaired) electrons. The second-order valence-corrected chi connectivity index (χ2v) is 4.95. The van der Waals surface area contributed by atoms with Crippen molar-refractivity contribution >= 4 is 18.2 Å². The van der Waals surface area contributed by atoms with E-state index in [9.17, 15) is 14.4 Å². The third-order valence-electron chi connectivity index (χ3n) is 3.21. The minimum Gasteiger partial charge on any atom is -0.500 e. The SMILES string of the molecule is O=Cc1cc(OC(=O)c2ccoc2)cc(OC(=O)C2C=COC2)c1. The Balaban J connectivity index is 1.77. The number of hydrogen-bond donors (Lipinski definition) is 0. The Morgan fingerprint density at radius 1 is 1.17 bits per heavy atom. The van der Waals surface area contributed by atoms with Crippen LogP contribution >= 0.6 is 0 Å². The molecule has 1 aliphatic rings. The lowest BCUT2D eigenvalue weighted by atomic mass is 10.2. The summed E-state index contributed by atoms with van der Waals surface area (Å²) in [4.78, 5) is 34.9. The van der Waals surface area contributed by atoms with E-state index in [4.69, 9.17) is 18.6 Å². The van der Waals surface area contributed by atoms with E-state index >= 15 is 0 Å². The monoisotopic (exact) mass is 328 g/mol. The van der Waals surface area contributed by atoms with Gasteiger partial charge in [0, 0.05) is 11.6 Å². The first-order valence-corrected chi connectivity index (χ1v) is 7.00. The van der Waals surface area contributed by atoms with E-state index in [1.165, 1.54) is 43.1 Å². The fourth-order valence-electron chi connectivity index (χ4n) is 2.03. The molecule has 1 aromatic carbocycles. The normalized spacial score (nSPS) is 15.6. The van der Waals surface area contributed by atoms with Crippen LogP contribution in [0.1, 0.15) is 20.7 Å². The second-order valence-electron chi connectivity index (χ2n) is 4.95. The minimum atomic E-state index is -0.656. The molecule has 2 heterocycles. The first-order chi connectivity index (χ1) is 11.7. The molecule has 1 atom stereocenters. The van der Waals surface area contributed by atoms with Crippen LogP contribution in [0.4, 0.5) is 0 Å². The largest absolute Gasteiger partial charge is 0.500 e. The number of rotatable bonds is 5. The number of esters is 2. The quantitative estimate of drug-likeness (QED) is 0.472. The molecule has 0 N–H and O–H groups in total. The van der Waals surface area contributed by atoms with Gasteiger partial charge in [0.15, 0.2) is 0 Å². The smallest absolute Gasteiger partial charge is 0.346 e. The van der Waals surface area contributed by atoms with Crippen LogP contribution in [0.2, 0.25) is 0 Å². The van der Waals surface area contributed by atoms with E-state index in [0.717, 1.165) is 0 Å². The zero-order chi connectivity index (χ0) is 16.9. The van der Waals surface area contributed by atoms with Crippen LogP contribution in [0.5, 0.6) is 11.5 Å². The average Bonchev–Trinajstić information content (AvgIpc) is 3.27. The highest BCUT2D eigenvalue weighted by Crippen LogP contribution is 2.24. The summed E-state index contributed by atoms with van der Waals surface area (Å²) in [5, 5.41) is 0. The average molecular weight is 328 g/mol. The molecular weight excluding hydrogens is 316 g/mol. The third kappa shape index (κ3) is 3.52. The maximum atomic E-state index is 12.0. The van der Waals surface area contributed by atoms with E-state index in [1.807, 2.05) is 0 Å². The van der Waals surface area contributed by atoms with Crippen molar-refractivity contribution in [2.45, 2.75) is 0 Å². The molecular formula is C17H12O7. The summed E-state index contributed by atoms with van der Waals surface area (Å²) in [6, 6.07) is 5.53. The number of benzene rings is 1. The molecule has 1 unspecified atom stereocenters. The van der Waals surface area contributed by atoms with Crippen LogP contribution in [0.15, 0.2) is 53.5 Å². The highest BCUT2D eigenvalue weighted by atomic mass is 16.5. The molecule has 0 saturated heterocycles. The molecule has 1 aromatic heterocycles. The van der Waals surface area contributed by atoms with Gasteiger partial charge in [-0.2, -0.15) is 0 Å². The van der Waals surface area contributed by atoms with Crippen LogP contribution in [-0.2, 0) is 9.53 Å². The van der Waals surface area contributed by atoms with Gasteiger partial charge in [0.1, 0.15) is 36.6 Å². The molecule has 0 aliphatic carbocycles. The third-order valence-corrected chi connectivity index (χ3v) is 3.21. The van der Waals surface area contributed by atoms with Crippen molar-refractivity contribution in [1.82, 2.24) is 0 Å². The molecule has 24 heavy (non-hydrogen) atoms. The number of carbonyl (C=O) groups excluding carboxylic acids is 3. The van der Waals surface area contributed by atoms with Crippen LogP contribution in [0.3, 0.4) is 0 Å². The van der Waals surface area contributed by atoms with E-state index < -0.39 is 17.9 Å². The number of furan rings is 1. The Labute approximate surface area is 136 Å². The van der Waals surface area contributed by atoms with E-state index in [2.05, 4.69) is 0 Å². The topological polar surface area (TPSA) is 92.0 Å². The Morgan fingerprint density at radius 3 is 2.58 bits per heavy atom. The summed E-state index contributed by atoms with van der Waals surface area (Å²) in [6.45, 7) is 0.203.